The standard InChI is InChI=1S/C17H13FN2OS/c1-11-7-12(8-19)5-6-13(11)9-20-15-4-2-3-14(18)17(15)22-10-16(20)21/h2-7H,9-10H2,1H3. The number of carbonyl (C=O) groups is 1. The van der Waals surface area contributed by atoms with Crippen molar-refractivity contribution >= 4 is 23.4 Å². The van der Waals surface area contributed by atoms with Gasteiger partial charge in [-0.1, -0.05) is 12.1 Å². The van der Waals surface area contributed by atoms with E-state index in [1.54, 1.807) is 29.2 Å². The van der Waals surface area contributed by atoms with Crippen LogP contribution in [0.5, 0.6) is 0 Å². The third-order valence-electron chi connectivity index (χ3n) is 3.68. The quantitative estimate of drug-likeness (QED) is 0.850. The molecule has 1 aliphatic heterocycles. The minimum absolute atomic E-state index is 0.0353. The van der Waals surface area contributed by atoms with Crippen LogP contribution >= 0.6 is 11.8 Å². The molecule has 1 amide bonds. The van der Waals surface area contributed by atoms with E-state index >= 15 is 0 Å². The Morgan fingerprint density at radius 1 is 1.36 bits per heavy atom. The van der Waals surface area contributed by atoms with E-state index in [-0.39, 0.29) is 17.5 Å². The number of amides is 1. The van der Waals surface area contributed by atoms with Crippen LogP contribution in [0.1, 0.15) is 16.7 Å². The number of fused-ring (bicyclic) bond motifs is 1. The number of carbonyl (C=O) groups excluding carboxylic acids is 1. The van der Waals surface area contributed by atoms with Gasteiger partial charge in [-0.2, -0.15) is 5.26 Å². The highest BCUT2D eigenvalue weighted by atomic mass is 32.2. The summed E-state index contributed by atoms with van der Waals surface area (Å²) in [6.45, 7) is 2.29. The number of aryl methyl sites for hydroxylation is 1. The van der Waals surface area contributed by atoms with Crippen molar-refractivity contribution in [2.75, 3.05) is 10.7 Å². The molecule has 3 nitrogen and oxygen atoms in total. The molecular weight excluding hydrogens is 299 g/mol. The summed E-state index contributed by atoms with van der Waals surface area (Å²) < 4.78 is 13.9. The van der Waals surface area contributed by atoms with Crippen molar-refractivity contribution in [3.8, 4) is 6.07 Å². The largest absolute Gasteiger partial charge is 0.306 e. The van der Waals surface area contributed by atoms with Gasteiger partial charge in [0.15, 0.2) is 0 Å². The molecule has 1 aliphatic rings. The van der Waals surface area contributed by atoms with Gasteiger partial charge >= 0.3 is 0 Å². The van der Waals surface area contributed by atoms with E-state index in [4.69, 9.17) is 5.26 Å². The number of nitrogens with zero attached hydrogens (tertiary/aromatic N) is 2. The maximum atomic E-state index is 13.9. The SMILES string of the molecule is Cc1cc(C#N)ccc1CN1C(=O)CSc2c(F)cccc21. The zero-order valence-corrected chi connectivity index (χ0v) is 12.8. The first-order valence-electron chi connectivity index (χ1n) is 6.81. The molecule has 0 aromatic heterocycles. The summed E-state index contributed by atoms with van der Waals surface area (Å²) in [4.78, 5) is 14.4. The molecular formula is C17H13FN2OS. The van der Waals surface area contributed by atoms with Crippen LogP contribution in [0.3, 0.4) is 0 Å². The monoisotopic (exact) mass is 312 g/mol. The van der Waals surface area contributed by atoms with E-state index in [0.717, 1.165) is 11.1 Å². The fourth-order valence-corrected chi connectivity index (χ4v) is 3.44. The van der Waals surface area contributed by atoms with Crippen LogP contribution in [0.25, 0.3) is 0 Å². The molecule has 0 saturated heterocycles. The van der Waals surface area contributed by atoms with E-state index in [2.05, 4.69) is 6.07 Å². The molecule has 0 atom stereocenters. The van der Waals surface area contributed by atoms with E-state index < -0.39 is 0 Å². The van der Waals surface area contributed by atoms with Gasteiger partial charge in [0, 0.05) is 0 Å². The zero-order valence-electron chi connectivity index (χ0n) is 12.0. The van der Waals surface area contributed by atoms with Crippen LogP contribution in [0.2, 0.25) is 0 Å². The Balaban J connectivity index is 1.98. The average molecular weight is 312 g/mol. The van der Waals surface area contributed by atoms with Crippen LogP contribution in [0, 0.1) is 24.1 Å². The van der Waals surface area contributed by atoms with Crippen molar-refractivity contribution in [1.29, 1.82) is 5.26 Å². The maximum absolute atomic E-state index is 13.9. The first-order chi connectivity index (χ1) is 10.6. The normalized spacial score (nSPS) is 13.7. The Hall–Kier alpha value is -2.32. The highest BCUT2D eigenvalue weighted by molar-refractivity contribution is 8.00. The van der Waals surface area contributed by atoms with Crippen LogP contribution < -0.4 is 4.90 Å². The molecule has 0 unspecified atom stereocenters. The molecule has 0 aliphatic carbocycles. The van der Waals surface area contributed by atoms with Gasteiger partial charge in [0.1, 0.15) is 5.82 Å². The Bertz CT molecular complexity index is 798. The first kappa shape index (κ1) is 14.6. The highest BCUT2D eigenvalue weighted by Crippen LogP contribution is 2.38. The van der Waals surface area contributed by atoms with Gasteiger partial charge in [0.25, 0.3) is 0 Å². The van der Waals surface area contributed by atoms with Crippen molar-refractivity contribution in [2.24, 2.45) is 0 Å². The second-order valence-corrected chi connectivity index (χ2v) is 6.10. The molecule has 110 valence electrons. The third kappa shape index (κ3) is 2.58. The van der Waals surface area contributed by atoms with Gasteiger partial charge in [-0.3, -0.25) is 4.79 Å². The smallest absolute Gasteiger partial charge is 0.237 e. The summed E-state index contributed by atoms with van der Waals surface area (Å²) >= 11 is 1.24. The molecule has 0 spiro atoms. The van der Waals surface area contributed by atoms with Gasteiger partial charge < -0.3 is 4.90 Å². The highest BCUT2D eigenvalue weighted by Gasteiger charge is 2.27. The number of anilines is 1. The van der Waals surface area contributed by atoms with Crippen molar-refractivity contribution in [3.63, 3.8) is 0 Å². The fraction of sp³-hybridized carbons (Fsp3) is 0.176. The van der Waals surface area contributed by atoms with E-state index in [1.165, 1.54) is 17.8 Å². The molecule has 0 bridgehead atoms. The molecule has 0 fully saturated rings. The number of benzene rings is 2. The van der Waals surface area contributed by atoms with Gasteiger partial charge in [-0.05, 0) is 42.3 Å². The zero-order chi connectivity index (χ0) is 15.7. The van der Waals surface area contributed by atoms with Crippen LogP contribution in [-0.4, -0.2) is 11.7 Å². The Labute approximate surface area is 132 Å². The van der Waals surface area contributed by atoms with Gasteiger partial charge in [0.05, 0.1) is 34.5 Å². The number of rotatable bonds is 2. The second kappa shape index (κ2) is 5.82. The lowest BCUT2D eigenvalue weighted by molar-refractivity contribution is -0.116. The number of thioether (sulfide) groups is 1. The first-order valence-corrected chi connectivity index (χ1v) is 7.80. The maximum Gasteiger partial charge on any atom is 0.237 e. The van der Waals surface area contributed by atoms with Crippen LogP contribution in [0.15, 0.2) is 41.3 Å². The summed E-state index contributed by atoms with van der Waals surface area (Å²) in [6.07, 6.45) is 0. The van der Waals surface area contributed by atoms with Crippen molar-refractivity contribution < 1.29 is 9.18 Å². The molecule has 0 N–H and O–H groups in total. The number of hydrogen-bond acceptors (Lipinski definition) is 3. The molecule has 3 rings (SSSR count). The Kier molecular flexibility index (Phi) is 3.86. The van der Waals surface area contributed by atoms with Gasteiger partial charge in [-0.25, -0.2) is 4.39 Å². The summed E-state index contributed by atoms with van der Waals surface area (Å²) in [5.41, 5.74) is 3.11. The minimum Gasteiger partial charge on any atom is -0.306 e. The van der Waals surface area contributed by atoms with E-state index in [0.29, 0.717) is 22.7 Å². The number of nitriles is 1. The molecule has 2 aromatic rings. The molecule has 0 saturated carbocycles. The number of halogens is 1. The van der Waals surface area contributed by atoms with Crippen molar-refractivity contribution in [3.05, 3.63) is 58.9 Å². The van der Waals surface area contributed by atoms with E-state index in [9.17, 15) is 9.18 Å². The molecule has 0 radical (unpaired) electrons. The van der Waals surface area contributed by atoms with Gasteiger partial charge in [0.2, 0.25) is 5.91 Å². The molecule has 22 heavy (non-hydrogen) atoms. The predicted molar refractivity (Wildman–Crippen MR) is 84.2 cm³/mol. The Morgan fingerprint density at radius 3 is 2.91 bits per heavy atom. The molecule has 2 aromatic carbocycles. The minimum atomic E-state index is -0.295. The lowest BCUT2D eigenvalue weighted by atomic mass is 10.0. The fourth-order valence-electron chi connectivity index (χ4n) is 2.49. The van der Waals surface area contributed by atoms with E-state index in [1.807, 2.05) is 13.0 Å². The summed E-state index contributed by atoms with van der Waals surface area (Å²) in [6, 6.07) is 12.3. The molecule has 5 heteroatoms. The lowest BCUT2D eigenvalue weighted by Crippen LogP contribution is -2.35. The predicted octanol–water partition coefficient (Wildman–Crippen LogP) is 3.64. The number of hydrogen-bond donors (Lipinski definition) is 0. The third-order valence-corrected chi connectivity index (χ3v) is 4.76. The van der Waals surface area contributed by atoms with Gasteiger partial charge in [-0.15, -0.1) is 11.8 Å². The van der Waals surface area contributed by atoms with Crippen molar-refractivity contribution in [2.45, 2.75) is 18.4 Å². The topological polar surface area (TPSA) is 44.1 Å². The summed E-state index contributed by atoms with van der Waals surface area (Å²) in [5, 5.41) is 8.92. The average Bonchev–Trinajstić information content (AvgIpc) is 2.51. The Morgan fingerprint density at radius 2 is 2.18 bits per heavy atom. The molecule has 1 heterocycles. The van der Waals surface area contributed by atoms with Crippen LogP contribution in [-0.2, 0) is 11.3 Å². The summed E-state index contributed by atoms with van der Waals surface area (Å²) in [5.74, 6) is -0.0908. The van der Waals surface area contributed by atoms with Crippen molar-refractivity contribution in [1.82, 2.24) is 0 Å². The second-order valence-electron chi connectivity index (χ2n) is 5.11. The lowest BCUT2D eigenvalue weighted by Gasteiger charge is -2.29. The summed E-state index contributed by atoms with van der Waals surface area (Å²) in [7, 11) is 0. The van der Waals surface area contributed by atoms with Crippen LogP contribution in [0.4, 0.5) is 10.1 Å².